The molecule has 0 aromatic rings. The summed E-state index contributed by atoms with van der Waals surface area (Å²) >= 11 is 1.01. The van der Waals surface area contributed by atoms with Crippen LogP contribution in [0.25, 0.3) is 0 Å². The first kappa shape index (κ1) is 3.07. The summed E-state index contributed by atoms with van der Waals surface area (Å²) in [5.41, 5.74) is 0. The molecule has 0 N–H and O–H groups in total. The molecule has 0 atom stereocenters. The molecule has 1 rings (SSSR count). The fourth-order valence-electron chi connectivity index (χ4n) is 0.0833. The molecule has 0 spiro atoms. The summed E-state index contributed by atoms with van der Waals surface area (Å²) in [6.07, 6.45) is 0. The quantitative estimate of drug-likeness (QED) is 0.447. The Bertz CT molecular complexity index is 14.0. The molecule has 1 aliphatic heterocycles. The molecule has 1 aliphatic rings. The molecular formula is C2H4SSe. The number of hydrogen-bond acceptors (Lipinski definition) is 1. The first-order valence-electron chi connectivity index (χ1n) is 1.24. The SMILES string of the molecule is C1C[Se]S1. The van der Waals surface area contributed by atoms with Crippen molar-refractivity contribution in [3.05, 3.63) is 0 Å². The van der Waals surface area contributed by atoms with Crippen LogP contribution < -0.4 is 0 Å². The van der Waals surface area contributed by atoms with E-state index >= 15 is 0 Å². The molecule has 0 amide bonds. The first-order chi connectivity index (χ1) is 2.00. The van der Waals surface area contributed by atoms with Gasteiger partial charge in [0.2, 0.25) is 0 Å². The van der Waals surface area contributed by atoms with E-state index in [0.717, 1.165) is 13.8 Å². The average Bonchev–Trinajstić information content (AvgIpc) is 0.722. The van der Waals surface area contributed by atoms with Crippen LogP contribution in [0.1, 0.15) is 0 Å². The third-order valence-electron chi connectivity index (χ3n) is 0.333. The van der Waals surface area contributed by atoms with Crippen LogP contribution in [0, 0.1) is 0 Å². The average molecular weight is 139 g/mol. The van der Waals surface area contributed by atoms with Crippen molar-refractivity contribution in [3.63, 3.8) is 0 Å². The molecule has 0 nitrogen and oxygen atoms in total. The summed E-state index contributed by atoms with van der Waals surface area (Å²) in [7, 11) is 2.10. The van der Waals surface area contributed by atoms with E-state index in [1.807, 2.05) is 0 Å². The Kier molecular flexibility index (Phi) is 1.03. The molecule has 2 heteroatoms. The standard InChI is InChI=1S/C2H4SSe/c1-2-4-3-1/h1-2H2. The van der Waals surface area contributed by atoms with Gasteiger partial charge >= 0.3 is 35.1 Å². The van der Waals surface area contributed by atoms with Crippen molar-refractivity contribution in [1.29, 1.82) is 0 Å². The van der Waals surface area contributed by atoms with Crippen molar-refractivity contribution in [3.8, 4) is 0 Å². The van der Waals surface area contributed by atoms with E-state index in [9.17, 15) is 0 Å². The third-order valence-corrected chi connectivity index (χ3v) is 5.20. The van der Waals surface area contributed by atoms with Crippen molar-refractivity contribution < 1.29 is 0 Å². The van der Waals surface area contributed by atoms with Crippen molar-refractivity contribution in [2.24, 2.45) is 0 Å². The molecular weight excluding hydrogens is 135 g/mol. The van der Waals surface area contributed by atoms with Crippen LogP contribution in [0.4, 0.5) is 0 Å². The van der Waals surface area contributed by atoms with E-state index in [2.05, 4.69) is 10.2 Å². The normalized spacial score (nSPS) is 24.0. The van der Waals surface area contributed by atoms with Crippen LogP contribution in [0.2, 0.25) is 5.32 Å². The fourth-order valence-corrected chi connectivity index (χ4v) is 1.30. The Morgan fingerprint density at radius 3 is 2.00 bits per heavy atom. The van der Waals surface area contributed by atoms with Gasteiger partial charge < -0.3 is 0 Å². The summed E-state index contributed by atoms with van der Waals surface area (Å²) in [6.45, 7) is 0. The fraction of sp³-hybridized carbons (Fsp3) is 1.00. The molecule has 1 saturated heterocycles. The van der Waals surface area contributed by atoms with Gasteiger partial charge in [-0.25, -0.2) is 0 Å². The molecule has 1 fully saturated rings. The molecule has 24 valence electrons. The van der Waals surface area contributed by atoms with Gasteiger partial charge in [0.15, 0.2) is 0 Å². The second-order valence-corrected chi connectivity index (χ2v) is 5.35. The summed E-state index contributed by atoms with van der Waals surface area (Å²) in [5.74, 6) is 1.44. The van der Waals surface area contributed by atoms with Crippen LogP contribution in [-0.4, -0.2) is 19.6 Å². The van der Waals surface area contributed by atoms with Crippen molar-refractivity contribution >= 4 is 24.0 Å². The molecule has 0 aromatic heterocycles. The zero-order chi connectivity index (χ0) is 2.83. The molecule has 0 radical (unpaired) electrons. The minimum absolute atomic E-state index is 1.01. The Balaban J connectivity index is 2.00. The summed E-state index contributed by atoms with van der Waals surface area (Å²) in [6, 6.07) is 0. The van der Waals surface area contributed by atoms with Gasteiger partial charge in [0.05, 0.1) is 0 Å². The first-order valence-corrected chi connectivity index (χ1v) is 5.46. The van der Waals surface area contributed by atoms with Crippen molar-refractivity contribution in [2.75, 3.05) is 5.75 Å². The molecule has 0 unspecified atom stereocenters. The number of hydrogen-bond donors (Lipinski definition) is 0. The minimum atomic E-state index is 1.01. The van der Waals surface area contributed by atoms with E-state index in [1.54, 1.807) is 0 Å². The van der Waals surface area contributed by atoms with E-state index in [-0.39, 0.29) is 0 Å². The van der Waals surface area contributed by atoms with Gasteiger partial charge in [-0.3, -0.25) is 0 Å². The van der Waals surface area contributed by atoms with E-state index in [0.29, 0.717) is 0 Å². The maximum atomic E-state index is 2.10. The van der Waals surface area contributed by atoms with E-state index in [1.165, 1.54) is 11.1 Å². The van der Waals surface area contributed by atoms with Gasteiger partial charge in [0.25, 0.3) is 0 Å². The zero-order valence-corrected chi connectivity index (χ0v) is 4.76. The van der Waals surface area contributed by atoms with Gasteiger partial charge in [0.1, 0.15) is 0 Å². The second-order valence-electron chi connectivity index (χ2n) is 0.644. The molecule has 0 saturated carbocycles. The van der Waals surface area contributed by atoms with Gasteiger partial charge in [-0.2, -0.15) is 0 Å². The topological polar surface area (TPSA) is 0 Å². The molecule has 0 bridgehead atoms. The monoisotopic (exact) mass is 140 g/mol. The Morgan fingerprint density at radius 1 is 1.75 bits per heavy atom. The molecule has 4 heavy (non-hydrogen) atoms. The Hall–Kier alpha value is 0.869. The van der Waals surface area contributed by atoms with Crippen LogP contribution in [0.3, 0.4) is 0 Å². The predicted octanol–water partition coefficient (Wildman–Crippen LogP) is 0.771. The van der Waals surface area contributed by atoms with Crippen LogP contribution in [0.5, 0.6) is 0 Å². The summed E-state index contributed by atoms with van der Waals surface area (Å²) in [5, 5.41) is 1.53. The number of rotatable bonds is 0. The molecule has 0 aliphatic carbocycles. The molecule has 0 aromatic carbocycles. The zero-order valence-electron chi connectivity index (χ0n) is 2.23. The van der Waals surface area contributed by atoms with E-state index < -0.39 is 0 Å². The summed E-state index contributed by atoms with van der Waals surface area (Å²) < 4.78 is 0. The van der Waals surface area contributed by atoms with Gasteiger partial charge in [-0.1, -0.05) is 0 Å². The van der Waals surface area contributed by atoms with Gasteiger partial charge in [-0.15, -0.1) is 0 Å². The van der Waals surface area contributed by atoms with Gasteiger partial charge in [0, 0.05) is 0 Å². The second kappa shape index (κ2) is 1.34. The maximum absolute atomic E-state index is 2.10. The van der Waals surface area contributed by atoms with Gasteiger partial charge in [-0.05, 0) is 0 Å². The van der Waals surface area contributed by atoms with Crippen LogP contribution >= 0.6 is 10.2 Å². The Morgan fingerprint density at radius 2 is 2.00 bits per heavy atom. The van der Waals surface area contributed by atoms with Crippen LogP contribution in [0.15, 0.2) is 0 Å². The Labute approximate surface area is 35.6 Å². The van der Waals surface area contributed by atoms with E-state index in [4.69, 9.17) is 0 Å². The van der Waals surface area contributed by atoms with Crippen LogP contribution in [-0.2, 0) is 0 Å². The summed E-state index contributed by atoms with van der Waals surface area (Å²) in [4.78, 5) is 0. The van der Waals surface area contributed by atoms with Crippen molar-refractivity contribution in [2.45, 2.75) is 5.32 Å². The predicted molar refractivity (Wildman–Crippen MR) is 23.0 cm³/mol. The third kappa shape index (κ3) is 0.423. The van der Waals surface area contributed by atoms with Crippen molar-refractivity contribution in [1.82, 2.24) is 0 Å². The molecule has 1 heterocycles.